The average Bonchev–Trinajstić information content (AvgIpc) is 3.05. The molecular formula is C19H11ClO5S. The van der Waals surface area contributed by atoms with Crippen LogP contribution in [0.25, 0.3) is 21.1 Å². The Balaban J connectivity index is 1.64. The van der Waals surface area contributed by atoms with Crippen molar-refractivity contribution in [2.45, 2.75) is 6.61 Å². The molecule has 0 unspecified atom stereocenters. The Morgan fingerprint density at radius 2 is 2.00 bits per heavy atom. The summed E-state index contributed by atoms with van der Waals surface area (Å²) in [6.45, 7) is -0.115. The minimum absolute atomic E-state index is 0.114. The SMILES string of the molecule is O=C(OCc1cc(=O)oc2cc(O)c(Cl)cc12)c1cc2ccccc2s1. The summed E-state index contributed by atoms with van der Waals surface area (Å²) in [4.78, 5) is 24.5. The first-order valence-electron chi connectivity index (χ1n) is 7.62. The third kappa shape index (κ3) is 3.05. The predicted molar refractivity (Wildman–Crippen MR) is 100 cm³/mol. The molecule has 2 aromatic carbocycles. The minimum Gasteiger partial charge on any atom is -0.506 e. The van der Waals surface area contributed by atoms with E-state index in [1.54, 1.807) is 6.07 Å². The molecule has 130 valence electrons. The number of phenolic OH excluding ortho intramolecular Hbond substituents is 1. The maximum Gasteiger partial charge on any atom is 0.348 e. The van der Waals surface area contributed by atoms with Crippen molar-refractivity contribution in [2.75, 3.05) is 0 Å². The smallest absolute Gasteiger partial charge is 0.348 e. The van der Waals surface area contributed by atoms with Crippen LogP contribution in [0.5, 0.6) is 5.75 Å². The van der Waals surface area contributed by atoms with Gasteiger partial charge in [-0.15, -0.1) is 11.3 Å². The van der Waals surface area contributed by atoms with Gasteiger partial charge in [-0.05, 0) is 23.6 Å². The molecule has 0 amide bonds. The summed E-state index contributed by atoms with van der Waals surface area (Å²) in [7, 11) is 0. The van der Waals surface area contributed by atoms with Crippen LogP contribution in [0.1, 0.15) is 15.2 Å². The molecule has 7 heteroatoms. The van der Waals surface area contributed by atoms with Gasteiger partial charge in [-0.3, -0.25) is 0 Å². The van der Waals surface area contributed by atoms with Crippen molar-refractivity contribution in [1.82, 2.24) is 0 Å². The van der Waals surface area contributed by atoms with Crippen molar-refractivity contribution in [3.63, 3.8) is 0 Å². The van der Waals surface area contributed by atoms with Gasteiger partial charge in [0, 0.05) is 27.8 Å². The summed E-state index contributed by atoms with van der Waals surface area (Å²) in [5, 5.41) is 11.2. The van der Waals surface area contributed by atoms with Gasteiger partial charge in [0.25, 0.3) is 0 Å². The van der Waals surface area contributed by atoms with Gasteiger partial charge < -0.3 is 14.3 Å². The van der Waals surface area contributed by atoms with Crippen molar-refractivity contribution in [3.05, 3.63) is 74.4 Å². The van der Waals surface area contributed by atoms with Crippen LogP contribution in [0.3, 0.4) is 0 Å². The topological polar surface area (TPSA) is 76.7 Å². The Labute approximate surface area is 156 Å². The highest BCUT2D eigenvalue weighted by Crippen LogP contribution is 2.31. The summed E-state index contributed by atoms with van der Waals surface area (Å²) in [6.07, 6.45) is 0. The molecule has 0 radical (unpaired) electrons. The Morgan fingerprint density at radius 1 is 1.19 bits per heavy atom. The molecule has 2 aromatic heterocycles. The molecule has 26 heavy (non-hydrogen) atoms. The van der Waals surface area contributed by atoms with Crippen LogP contribution >= 0.6 is 22.9 Å². The zero-order valence-corrected chi connectivity index (χ0v) is 14.8. The Bertz CT molecular complexity index is 1170. The van der Waals surface area contributed by atoms with Gasteiger partial charge in [0.2, 0.25) is 0 Å². The van der Waals surface area contributed by atoms with Crippen molar-refractivity contribution in [2.24, 2.45) is 0 Å². The average molecular weight is 387 g/mol. The lowest BCUT2D eigenvalue weighted by molar-refractivity contribution is 0.0479. The molecule has 0 fully saturated rings. The van der Waals surface area contributed by atoms with Gasteiger partial charge in [-0.2, -0.15) is 0 Å². The van der Waals surface area contributed by atoms with Crippen LogP contribution in [0.2, 0.25) is 5.02 Å². The largest absolute Gasteiger partial charge is 0.506 e. The van der Waals surface area contributed by atoms with Gasteiger partial charge in [-0.25, -0.2) is 9.59 Å². The minimum atomic E-state index is -0.605. The van der Waals surface area contributed by atoms with Crippen LogP contribution < -0.4 is 5.63 Å². The molecule has 0 aliphatic carbocycles. The van der Waals surface area contributed by atoms with Crippen LogP contribution in [0.4, 0.5) is 0 Å². The van der Waals surface area contributed by atoms with Gasteiger partial charge in [0.15, 0.2) is 0 Å². The number of hydrogen-bond acceptors (Lipinski definition) is 6. The highest BCUT2D eigenvalue weighted by Gasteiger charge is 2.14. The molecule has 4 rings (SSSR count). The molecule has 1 N–H and O–H groups in total. The van der Waals surface area contributed by atoms with Crippen LogP contribution in [0.15, 0.2) is 57.7 Å². The molecule has 0 aliphatic rings. The number of thiophene rings is 1. The van der Waals surface area contributed by atoms with E-state index in [1.807, 2.05) is 24.3 Å². The fraction of sp³-hybridized carbons (Fsp3) is 0.0526. The lowest BCUT2D eigenvalue weighted by Crippen LogP contribution is -2.06. The molecule has 0 bridgehead atoms. The summed E-state index contributed by atoms with van der Waals surface area (Å²) < 4.78 is 11.4. The molecule has 0 saturated heterocycles. The number of carbonyl (C=O) groups excluding carboxylic acids is 1. The number of hydrogen-bond donors (Lipinski definition) is 1. The molecule has 0 aliphatic heterocycles. The van der Waals surface area contributed by atoms with E-state index >= 15 is 0 Å². The first-order chi connectivity index (χ1) is 12.5. The summed E-state index contributed by atoms with van der Waals surface area (Å²) in [6, 6.07) is 13.4. The highest BCUT2D eigenvalue weighted by molar-refractivity contribution is 7.20. The van der Waals surface area contributed by atoms with Crippen LogP contribution in [0, 0.1) is 0 Å². The Morgan fingerprint density at radius 3 is 2.81 bits per heavy atom. The number of esters is 1. The van der Waals surface area contributed by atoms with Gasteiger partial charge in [0.05, 0.1) is 5.02 Å². The lowest BCUT2D eigenvalue weighted by Gasteiger charge is -2.07. The standard InChI is InChI=1S/C19H11ClO5S/c20-13-7-12-11(6-18(22)25-15(12)8-14(13)21)9-24-19(23)17-5-10-3-1-2-4-16(10)26-17/h1-8,21H,9H2. The Hall–Kier alpha value is -2.83. The van der Waals surface area contributed by atoms with Crippen LogP contribution in [-0.2, 0) is 11.3 Å². The van der Waals surface area contributed by atoms with Crippen molar-refractivity contribution in [3.8, 4) is 5.75 Å². The second-order valence-corrected chi connectivity index (χ2v) is 7.11. The summed E-state index contributed by atoms with van der Waals surface area (Å²) in [5.74, 6) is -0.667. The van der Waals surface area contributed by atoms with Gasteiger partial charge in [0.1, 0.15) is 22.8 Å². The van der Waals surface area contributed by atoms with Crippen LogP contribution in [-0.4, -0.2) is 11.1 Å². The monoisotopic (exact) mass is 386 g/mol. The van der Waals surface area contributed by atoms with E-state index in [4.69, 9.17) is 20.8 Å². The van der Waals surface area contributed by atoms with Crippen molar-refractivity contribution < 1.29 is 19.1 Å². The molecule has 0 saturated carbocycles. The number of ether oxygens (including phenoxy) is 1. The molecule has 4 aromatic rings. The second-order valence-electron chi connectivity index (χ2n) is 5.62. The lowest BCUT2D eigenvalue weighted by atomic mass is 10.1. The fourth-order valence-electron chi connectivity index (χ4n) is 2.65. The molecular weight excluding hydrogens is 376 g/mol. The molecule has 0 atom stereocenters. The highest BCUT2D eigenvalue weighted by atomic mass is 35.5. The van der Waals surface area contributed by atoms with E-state index in [-0.39, 0.29) is 23.0 Å². The van der Waals surface area contributed by atoms with Crippen molar-refractivity contribution in [1.29, 1.82) is 0 Å². The van der Waals surface area contributed by atoms with E-state index in [9.17, 15) is 14.7 Å². The van der Waals surface area contributed by atoms with E-state index < -0.39 is 11.6 Å². The van der Waals surface area contributed by atoms with E-state index in [0.29, 0.717) is 15.8 Å². The maximum atomic E-state index is 12.4. The number of aromatic hydroxyl groups is 1. The van der Waals surface area contributed by atoms with E-state index in [1.165, 1.54) is 29.5 Å². The Kier molecular flexibility index (Phi) is 4.14. The third-order valence-corrected chi connectivity index (χ3v) is 5.28. The van der Waals surface area contributed by atoms with Gasteiger partial charge in [-0.1, -0.05) is 29.8 Å². The number of fused-ring (bicyclic) bond motifs is 2. The van der Waals surface area contributed by atoms with E-state index in [2.05, 4.69) is 0 Å². The number of halogens is 1. The number of rotatable bonds is 3. The normalized spacial score (nSPS) is 11.1. The maximum absolute atomic E-state index is 12.4. The number of phenols is 1. The van der Waals surface area contributed by atoms with E-state index in [0.717, 1.165) is 10.1 Å². The zero-order chi connectivity index (χ0) is 18.3. The quantitative estimate of drug-likeness (QED) is 0.407. The predicted octanol–water partition coefficient (Wildman–Crippen LogP) is 4.72. The fourth-order valence-corrected chi connectivity index (χ4v) is 3.77. The first kappa shape index (κ1) is 16.6. The first-order valence-corrected chi connectivity index (χ1v) is 8.81. The zero-order valence-electron chi connectivity index (χ0n) is 13.2. The second kappa shape index (κ2) is 6.48. The molecule has 0 spiro atoms. The summed E-state index contributed by atoms with van der Waals surface area (Å²) in [5.41, 5.74) is 0.0204. The third-order valence-electron chi connectivity index (χ3n) is 3.88. The molecule has 5 nitrogen and oxygen atoms in total. The number of carbonyl (C=O) groups is 1. The van der Waals surface area contributed by atoms with Gasteiger partial charge >= 0.3 is 11.6 Å². The van der Waals surface area contributed by atoms with Crippen molar-refractivity contribution >= 4 is 50.0 Å². The summed E-state index contributed by atoms with van der Waals surface area (Å²) >= 11 is 7.27. The number of benzene rings is 2. The molecule has 2 heterocycles.